The summed E-state index contributed by atoms with van der Waals surface area (Å²) in [6.07, 6.45) is 2.81. The van der Waals surface area contributed by atoms with Crippen molar-refractivity contribution in [3.05, 3.63) is 35.4 Å². The standard InChI is InChI=1S/C17H26N2/c1-14-4-6-15(7-5-14)10-19-12-16(2,3)18-11-17(13-19)8-9-17/h4-7,18H,8-13H2,1-3H3. The maximum Gasteiger partial charge on any atom is 0.0252 e. The van der Waals surface area contributed by atoms with E-state index in [9.17, 15) is 0 Å². The molecule has 0 amide bonds. The van der Waals surface area contributed by atoms with Crippen LogP contribution >= 0.6 is 0 Å². The highest BCUT2D eigenvalue weighted by molar-refractivity contribution is 5.21. The molecule has 2 heteroatoms. The average molecular weight is 258 g/mol. The van der Waals surface area contributed by atoms with Crippen molar-refractivity contribution in [1.82, 2.24) is 10.2 Å². The number of nitrogens with zero attached hydrogens (tertiary/aromatic N) is 1. The van der Waals surface area contributed by atoms with Crippen LogP contribution in [0.2, 0.25) is 0 Å². The van der Waals surface area contributed by atoms with Crippen molar-refractivity contribution in [3.8, 4) is 0 Å². The Morgan fingerprint density at radius 1 is 1.11 bits per heavy atom. The zero-order valence-electron chi connectivity index (χ0n) is 12.5. The summed E-state index contributed by atoms with van der Waals surface area (Å²) in [6, 6.07) is 9.01. The van der Waals surface area contributed by atoms with Gasteiger partial charge in [-0.3, -0.25) is 4.90 Å². The molecule has 2 aliphatic rings. The maximum absolute atomic E-state index is 3.76. The molecule has 3 rings (SSSR count). The molecule has 104 valence electrons. The van der Waals surface area contributed by atoms with Gasteiger partial charge in [-0.15, -0.1) is 0 Å². The van der Waals surface area contributed by atoms with Crippen molar-refractivity contribution in [3.63, 3.8) is 0 Å². The first-order valence-electron chi connectivity index (χ1n) is 7.49. The zero-order chi connectivity index (χ0) is 13.5. The summed E-state index contributed by atoms with van der Waals surface area (Å²) in [7, 11) is 0. The van der Waals surface area contributed by atoms with Gasteiger partial charge in [0.25, 0.3) is 0 Å². The smallest absolute Gasteiger partial charge is 0.0252 e. The number of benzene rings is 1. The van der Waals surface area contributed by atoms with Gasteiger partial charge in [0.2, 0.25) is 0 Å². The quantitative estimate of drug-likeness (QED) is 0.877. The van der Waals surface area contributed by atoms with E-state index in [1.807, 2.05) is 0 Å². The van der Waals surface area contributed by atoms with Gasteiger partial charge >= 0.3 is 0 Å². The molecule has 0 radical (unpaired) electrons. The first-order chi connectivity index (χ1) is 8.96. The van der Waals surface area contributed by atoms with Crippen LogP contribution in [0.4, 0.5) is 0 Å². The molecular weight excluding hydrogens is 232 g/mol. The highest BCUT2D eigenvalue weighted by atomic mass is 15.2. The molecule has 1 aliphatic carbocycles. The predicted octanol–water partition coefficient (Wildman–Crippen LogP) is 2.96. The van der Waals surface area contributed by atoms with Crippen molar-refractivity contribution < 1.29 is 0 Å². The van der Waals surface area contributed by atoms with Gasteiger partial charge in [0.15, 0.2) is 0 Å². The number of rotatable bonds is 2. The van der Waals surface area contributed by atoms with Crippen molar-refractivity contribution >= 4 is 0 Å². The Bertz CT molecular complexity index is 435. The minimum atomic E-state index is 0.233. The Hall–Kier alpha value is -0.860. The van der Waals surface area contributed by atoms with E-state index in [0.717, 1.165) is 13.1 Å². The van der Waals surface area contributed by atoms with Crippen molar-refractivity contribution in [2.75, 3.05) is 19.6 Å². The van der Waals surface area contributed by atoms with Gasteiger partial charge < -0.3 is 5.32 Å². The number of aryl methyl sites for hydroxylation is 1. The van der Waals surface area contributed by atoms with E-state index in [0.29, 0.717) is 5.41 Å². The lowest BCUT2D eigenvalue weighted by Gasteiger charge is -2.30. The molecule has 0 atom stereocenters. The third kappa shape index (κ3) is 3.18. The molecule has 1 aromatic carbocycles. The summed E-state index contributed by atoms with van der Waals surface area (Å²) >= 11 is 0. The summed E-state index contributed by atoms with van der Waals surface area (Å²) in [4.78, 5) is 2.65. The molecule has 1 N–H and O–H groups in total. The second-order valence-electron chi connectivity index (χ2n) is 7.37. The highest BCUT2D eigenvalue weighted by Gasteiger charge is 2.46. The van der Waals surface area contributed by atoms with E-state index in [1.54, 1.807) is 0 Å². The predicted molar refractivity (Wildman–Crippen MR) is 80.2 cm³/mol. The van der Waals surface area contributed by atoms with E-state index in [2.05, 4.69) is 55.3 Å². The molecule has 1 aromatic rings. The van der Waals surface area contributed by atoms with Crippen LogP contribution in [0.15, 0.2) is 24.3 Å². The van der Waals surface area contributed by atoms with E-state index < -0.39 is 0 Å². The number of hydrogen-bond acceptors (Lipinski definition) is 2. The van der Waals surface area contributed by atoms with Gasteiger partial charge in [-0.05, 0) is 44.6 Å². The van der Waals surface area contributed by atoms with Gasteiger partial charge in [0.1, 0.15) is 0 Å². The summed E-state index contributed by atoms with van der Waals surface area (Å²) in [5.74, 6) is 0. The fourth-order valence-corrected chi connectivity index (χ4v) is 3.20. The number of hydrogen-bond donors (Lipinski definition) is 1. The topological polar surface area (TPSA) is 15.3 Å². The fraction of sp³-hybridized carbons (Fsp3) is 0.647. The molecule has 1 heterocycles. The van der Waals surface area contributed by atoms with E-state index >= 15 is 0 Å². The Morgan fingerprint density at radius 2 is 1.79 bits per heavy atom. The average Bonchev–Trinajstić information content (AvgIpc) is 3.11. The van der Waals surface area contributed by atoms with Crippen molar-refractivity contribution in [2.24, 2.45) is 5.41 Å². The Morgan fingerprint density at radius 3 is 2.42 bits per heavy atom. The lowest BCUT2D eigenvalue weighted by Crippen LogP contribution is -2.46. The second-order valence-corrected chi connectivity index (χ2v) is 7.37. The van der Waals surface area contributed by atoms with Crippen LogP contribution in [0, 0.1) is 12.3 Å². The molecule has 0 aromatic heterocycles. The molecule has 0 unspecified atom stereocenters. The third-order valence-corrected chi connectivity index (χ3v) is 4.60. The first-order valence-corrected chi connectivity index (χ1v) is 7.49. The zero-order valence-corrected chi connectivity index (χ0v) is 12.5. The molecule has 19 heavy (non-hydrogen) atoms. The third-order valence-electron chi connectivity index (χ3n) is 4.60. The molecule has 1 saturated heterocycles. The molecule has 2 nitrogen and oxygen atoms in total. The lowest BCUT2D eigenvalue weighted by molar-refractivity contribution is 0.206. The largest absolute Gasteiger partial charge is 0.310 e. The first kappa shape index (κ1) is 13.1. The van der Waals surface area contributed by atoms with E-state index in [1.165, 1.54) is 37.1 Å². The minimum absolute atomic E-state index is 0.233. The summed E-state index contributed by atoms with van der Waals surface area (Å²) in [5.41, 5.74) is 3.61. The molecule has 1 aliphatic heterocycles. The highest BCUT2D eigenvalue weighted by Crippen LogP contribution is 2.47. The molecule has 1 saturated carbocycles. The van der Waals surface area contributed by atoms with Gasteiger partial charge in [-0.1, -0.05) is 29.8 Å². The fourth-order valence-electron chi connectivity index (χ4n) is 3.20. The van der Waals surface area contributed by atoms with Crippen LogP contribution in [0.5, 0.6) is 0 Å². The molecule has 1 spiro atoms. The molecule has 0 bridgehead atoms. The Labute approximate surface area is 117 Å². The normalized spacial score (nSPS) is 25.2. The monoisotopic (exact) mass is 258 g/mol. The van der Waals surface area contributed by atoms with E-state index in [-0.39, 0.29) is 5.54 Å². The van der Waals surface area contributed by atoms with Gasteiger partial charge in [0.05, 0.1) is 0 Å². The van der Waals surface area contributed by atoms with Crippen LogP contribution < -0.4 is 5.32 Å². The SMILES string of the molecule is Cc1ccc(CN2CC3(CC3)CNC(C)(C)C2)cc1. The van der Waals surface area contributed by atoms with Crippen molar-refractivity contribution in [1.29, 1.82) is 0 Å². The molecular formula is C17H26N2. The van der Waals surface area contributed by atoms with Gasteiger partial charge in [-0.25, -0.2) is 0 Å². The van der Waals surface area contributed by atoms with E-state index in [4.69, 9.17) is 0 Å². The van der Waals surface area contributed by atoms with Crippen LogP contribution in [-0.4, -0.2) is 30.1 Å². The second kappa shape index (κ2) is 4.60. The minimum Gasteiger partial charge on any atom is -0.310 e. The van der Waals surface area contributed by atoms with Crippen LogP contribution in [0.3, 0.4) is 0 Å². The van der Waals surface area contributed by atoms with Crippen molar-refractivity contribution in [2.45, 2.75) is 45.7 Å². The van der Waals surface area contributed by atoms with Gasteiger partial charge in [-0.2, -0.15) is 0 Å². The molecule has 2 fully saturated rings. The lowest BCUT2D eigenvalue weighted by atomic mass is 10.1. The maximum atomic E-state index is 3.76. The Balaban J connectivity index is 1.72. The van der Waals surface area contributed by atoms with Crippen LogP contribution in [0.1, 0.15) is 37.8 Å². The summed E-state index contributed by atoms with van der Waals surface area (Å²) in [5, 5.41) is 3.76. The van der Waals surface area contributed by atoms with Gasteiger partial charge in [0, 0.05) is 31.7 Å². The summed E-state index contributed by atoms with van der Waals surface area (Å²) < 4.78 is 0. The summed E-state index contributed by atoms with van der Waals surface area (Å²) in [6.45, 7) is 11.5. The van der Waals surface area contributed by atoms with Crippen LogP contribution in [0.25, 0.3) is 0 Å². The Kier molecular flexibility index (Phi) is 3.18. The number of nitrogens with one attached hydrogen (secondary N) is 1. The van der Waals surface area contributed by atoms with Crippen LogP contribution in [-0.2, 0) is 6.54 Å².